The van der Waals surface area contributed by atoms with E-state index in [9.17, 15) is 14.0 Å². The smallest absolute Gasteiger partial charge is 0.286 e. The Labute approximate surface area is 181 Å². The molecular weight excluding hydrogens is 427 g/mol. The molecule has 0 saturated carbocycles. The highest BCUT2D eigenvalue weighted by Gasteiger charge is 2.29. The van der Waals surface area contributed by atoms with Crippen LogP contribution in [0.1, 0.15) is 43.9 Å². The van der Waals surface area contributed by atoms with Crippen molar-refractivity contribution in [1.82, 2.24) is 15.1 Å². The maximum absolute atomic E-state index is 13.3. The number of nitrogens with one attached hydrogen (secondary N) is 1. The van der Waals surface area contributed by atoms with Gasteiger partial charge in [-0.25, -0.2) is 4.39 Å². The highest BCUT2D eigenvalue weighted by atomic mass is 35.5. The summed E-state index contributed by atoms with van der Waals surface area (Å²) in [6, 6.07) is 12.6. The molecule has 9 heteroatoms. The zero-order valence-electron chi connectivity index (χ0n) is 15.8. The third kappa shape index (κ3) is 4.49. The van der Waals surface area contributed by atoms with E-state index in [2.05, 4.69) is 15.5 Å². The van der Waals surface area contributed by atoms with Crippen molar-refractivity contribution in [3.8, 4) is 0 Å². The lowest BCUT2D eigenvalue weighted by atomic mass is 9.98. The lowest BCUT2D eigenvalue weighted by Gasteiger charge is -2.31. The van der Waals surface area contributed by atoms with Crippen LogP contribution in [0.25, 0.3) is 0 Å². The molecule has 4 rings (SSSR count). The number of halogens is 2. The fourth-order valence-corrected chi connectivity index (χ4v) is 4.49. The molecule has 30 heavy (non-hydrogen) atoms. The summed E-state index contributed by atoms with van der Waals surface area (Å²) in [6.07, 6.45) is 1.68. The second kappa shape index (κ2) is 8.89. The van der Waals surface area contributed by atoms with Gasteiger partial charge in [-0.2, -0.15) is 0 Å². The van der Waals surface area contributed by atoms with Gasteiger partial charge in [-0.05, 0) is 43.2 Å². The maximum atomic E-state index is 13.3. The second-order valence-electron chi connectivity index (χ2n) is 6.98. The number of hydrogen-bond acceptors (Lipinski definition) is 5. The lowest BCUT2D eigenvalue weighted by molar-refractivity contribution is 0.0707. The van der Waals surface area contributed by atoms with E-state index in [-0.39, 0.29) is 16.8 Å². The van der Waals surface area contributed by atoms with Crippen LogP contribution in [0.5, 0.6) is 0 Å². The monoisotopic (exact) mass is 444 g/mol. The van der Waals surface area contributed by atoms with Crippen molar-refractivity contribution in [2.75, 3.05) is 18.4 Å². The van der Waals surface area contributed by atoms with Gasteiger partial charge in [0.15, 0.2) is 0 Å². The third-order valence-corrected chi connectivity index (χ3v) is 6.29. The van der Waals surface area contributed by atoms with Gasteiger partial charge in [0.25, 0.3) is 11.8 Å². The standard InChI is InChI=1S/C21H18ClFN4O2S/c22-17-9-2-1-8-16(17)21(29)27-10-4-5-13(12-27)19-25-26-20(30-19)18(28)24-15-7-3-6-14(23)11-15/h1-3,6-9,11,13H,4-5,10,12H2,(H,24,28). The maximum Gasteiger partial charge on any atom is 0.286 e. The van der Waals surface area contributed by atoms with Gasteiger partial charge in [-0.1, -0.05) is 41.1 Å². The molecule has 1 N–H and O–H groups in total. The molecule has 1 aliphatic rings. The first-order chi connectivity index (χ1) is 14.5. The van der Waals surface area contributed by atoms with Crippen LogP contribution in [-0.4, -0.2) is 40.0 Å². The molecule has 2 heterocycles. The SMILES string of the molecule is O=C(Nc1cccc(F)c1)c1nnc(C2CCCN(C(=O)c3ccccc3Cl)C2)s1. The molecule has 1 saturated heterocycles. The third-order valence-electron chi connectivity index (χ3n) is 4.88. The zero-order valence-corrected chi connectivity index (χ0v) is 17.4. The van der Waals surface area contributed by atoms with E-state index < -0.39 is 11.7 Å². The van der Waals surface area contributed by atoms with Crippen LogP contribution in [0, 0.1) is 5.82 Å². The van der Waals surface area contributed by atoms with Crippen LogP contribution < -0.4 is 5.32 Å². The number of carbonyl (C=O) groups excluding carboxylic acids is 2. The van der Waals surface area contributed by atoms with Crippen molar-refractivity contribution in [3.05, 3.63) is 74.9 Å². The summed E-state index contributed by atoms with van der Waals surface area (Å²) in [7, 11) is 0. The Morgan fingerprint density at radius 3 is 2.80 bits per heavy atom. The molecule has 2 aromatic carbocycles. The van der Waals surface area contributed by atoms with Gasteiger partial charge < -0.3 is 10.2 Å². The van der Waals surface area contributed by atoms with Gasteiger partial charge >= 0.3 is 0 Å². The highest BCUT2D eigenvalue weighted by molar-refractivity contribution is 7.13. The Bertz CT molecular complexity index is 1090. The van der Waals surface area contributed by atoms with Crippen molar-refractivity contribution in [1.29, 1.82) is 0 Å². The number of likely N-dealkylation sites (tertiary alicyclic amines) is 1. The van der Waals surface area contributed by atoms with Crippen LogP contribution in [0.4, 0.5) is 10.1 Å². The Kier molecular flexibility index (Phi) is 6.06. The Balaban J connectivity index is 1.44. The molecule has 154 valence electrons. The van der Waals surface area contributed by atoms with E-state index in [1.165, 1.54) is 29.5 Å². The molecular formula is C21H18ClFN4O2S. The summed E-state index contributed by atoms with van der Waals surface area (Å²) in [4.78, 5) is 27.0. The number of carbonyl (C=O) groups is 2. The van der Waals surface area contributed by atoms with E-state index in [1.807, 2.05) is 0 Å². The van der Waals surface area contributed by atoms with Crippen LogP contribution in [0.3, 0.4) is 0 Å². The Hall–Kier alpha value is -2.84. The summed E-state index contributed by atoms with van der Waals surface area (Å²) >= 11 is 7.36. The fraction of sp³-hybridized carbons (Fsp3) is 0.238. The number of rotatable bonds is 4. The molecule has 0 aliphatic carbocycles. The van der Waals surface area contributed by atoms with Crippen molar-refractivity contribution >= 4 is 40.4 Å². The molecule has 1 atom stereocenters. The Morgan fingerprint density at radius 1 is 1.17 bits per heavy atom. The number of benzene rings is 2. The second-order valence-corrected chi connectivity index (χ2v) is 8.40. The number of aromatic nitrogens is 2. The molecule has 1 fully saturated rings. The summed E-state index contributed by atoms with van der Waals surface area (Å²) in [5.74, 6) is -0.988. The van der Waals surface area contributed by atoms with Crippen LogP contribution in [0.2, 0.25) is 5.02 Å². The average molecular weight is 445 g/mol. The van der Waals surface area contributed by atoms with Crippen LogP contribution in [0.15, 0.2) is 48.5 Å². The first kappa shape index (κ1) is 20.4. The molecule has 6 nitrogen and oxygen atoms in total. The summed E-state index contributed by atoms with van der Waals surface area (Å²) in [5, 5.41) is 12.1. The summed E-state index contributed by atoms with van der Waals surface area (Å²) in [6.45, 7) is 1.14. The van der Waals surface area contributed by atoms with E-state index >= 15 is 0 Å². The minimum Gasteiger partial charge on any atom is -0.338 e. The van der Waals surface area contributed by atoms with E-state index in [0.717, 1.165) is 12.8 Å². The van der Waals surface area contributed by atoms with Crippen LogP contribution in [-0.2, 0) is 0 Å². The van der Waals surface area contributed by atoms with Gasteiger partial charge in [0.1, 0.15) is 10.8 Å². The minimum atomic E-state index is -0.441. The normalized spacial score (nSPS) is 16.3. The molecule has 0 bridgehead atoms. The van der Waals surface area contributed by atoms with Gasteiger partial charge in [-0.15, -0.1) is 10.2 Å². The summed E-state index contributed by atoms with van der Waals surface area (Å²) < 4.78 is 13.3. The van der Waals surface area contributed by atoms with E-state index in [1.54, 1.807) is 35.2 Å². The van der Waals surface area contributed by atoms with Crippen molar-refractivity contribution in [3.63, 3.8) is 0 Å². The van der Waals surface area contributed by atoms with E-state index in [4.69, 9.17) is 11.6 Å². The molecule has 0 radical (unpaired) electrons. The van der Waals surface area contributed by atoms with Crippen molar-refractivity contribution in [2.24, 2.45) is 0 Å². The molecule has 3 aromatic rings. The van der Waals surface area contributed by atoms with Gasteiger partial charge in [0, 0.05) is 24.7 Å². The van der Waals surface area contributed by atoms with Crippen molar-refractivity contribution < 1.29 is 14.0 Å². The average Bonchev–Trinajstić information content (AvgIpc) is 3.24. The predicted octanol–water partition coefficient (Wildman–Crippen LogP) is 4.60. The lowest BCUT2D eigenvalue weighted by Crippen LogP contribution is -2.39. The number of amides is 2. The van der Waals surface area contributed by atoms with Crippen LogP contribution >= 0.6 is 22.9 Å². The Morgan fingerprint density at radius 2 is 2.00 bits per heavy atom. The molecule has 2 amide bonds. The number of anilines is 1. The molecule has 1 aromatic heterocycles. The number of nitrogens with zero attached hydrogens (tertiary/aromatic N) is 3. The minimum absolute atomic E-state index is 0.00147. The first-order valence-corrected chi connectivity index (χ1v) is 10.6. The molecule has 1 aliphatic heterocycles. The van der Waals surface area contributed by atoms with Gasteiger partial charge in [-0.3, -0.25) is 9.59 Å². The number of hydrogen-bond donors (Lipinski definition) is 1. The topological polar surface area (TPSA) is 75.2 Å². The fourth-order valence-electron chi connectivity index (χ4n) is 3.41. The molecule has 1 unspecified atom stereocenters. The van der Waals surface area contributed by atoms with Crippen molar-refractivity contribution in [2.45, 2.75) is 18.8 Å². The number of piperidine rings is 1. The largest absolute Gasteiger partial charge is 0.338 e. The quantitative estimate of drug-likeness (QED) is 0.638. The predicted molar refractivity (Wildman–Crippen MR) is 114 cm³/mol. The zero-order chi connectivity index (χ0) is 21.1. The summed E-state index contributed by atoms with van der Waals surface area (Å²) in [5.41, 5.74) is 0.832. The van der Waals surface area contributed by atoms with Gasteiger partial charge in [0.05, 0.1) is 10.6 Å². The first-order valence-electron chi connectivity index (χ1n) is 9.45. The van der Waals surface area contributed by atoms with Gasteiger partial charge in [0.2, 0.25) is 5.01 Å². The highest BCUT2D eigenvalue weighted by Crippen LogP contribution is 2.30. The van der Waals surface area contributed by atoms with E-state index in [0.29, 0.717) is 34.4 Å². The molecule has 0 spiro atoms.